The Bertz CT molecular complexity index is 711. The van der Waals surface area contributed by atoms with Crippen LogP contribution in [-0.4, -0.2) is 24.4 Å². The Morgan fingerprint density at radius 3 is 2.56 bits per heavy atom. The molecule has 0 spiro atoms. The predicted octanol–water partition coefficient (Wildman–Crippen LogP) is 3.87. The lowest BCUT2D eigenvalue weighted by Gasteiger charge is -2.21. The first-order valence-corrected chi connectivity index (χ1v) is 9.25. The van der Waals surface area contributed by atoms with Gasteiger partial charge in [0, 0.05) is 6.54 Å². The fourth-order valence-electron chi connectivity index (χ4n) is 3.59. The number of amides is 1. The summed E-state index contributed by atoms with van der Waals surface area (Å²) in [6.45, 7) is 3.26. The second kappa shape index (κ2) is 8.30. The van der Waals surface area contributed by atoms with Crippen LogP contribution in [0.15, 0.2) is 48.5 Å². The SMILES string of the molecule is C[C@H](NC(=O)CN(C)Cc1ccccc1)c1ccc2c(c1)CCCC2. The van der Waals surface area contributed by atoms with Crippen molar-refractivity contribution >= 4 is 5.91 Å². The number of carbonyl (C=O) groups is 1. The minimum absolute atomic E-state index is 0.0462. The van der Waals surface area contributed by atoms with Gasteiger partial charge in [0.1, 0.15) is 0 Å². The number of aryl methyl sites for hydroxylation is 2. The van der Waals surface area contributed by atoms with Crippen molar-refractivity contribution in [2.45, 2.75) is 45.2 Å². The molecule has 25 heavy (non-hydrogen) atoms. The number of rotatable bonds is 6. The van der Waals surface area contributed by atoms with E-state index in [1.165, 1.54) is 47.9 Å². The molecule has 2 aromatic rings. The molecular weight excluding hydrogens is 308 g/mol. The zero-order valence-corrected chi connectivity index (χ0v) is 15.3. The second-order valence-corrected chi connectivity index (χ2v) is 7.18. The third kappa shape index (κ3) is 4.93. The summed E-state index contributed by atoms with van der Waals surface area (Å²) >= 11 is 0. The molecule has 1 amide bonds. The number of nitrogens with one attached hydrogen (secondary N) is 1. The van der Waals surface area contributed by atoms with Gasteiger partial charge in [-0.1, -0.05) is 48.5 Å². The molecule has 3 rings (SSSR count). The van der Waals surface area contributed by atoms with Crippen LogP contribution in [0.2, 0.25) is 0 Å². The van der Waals surface area contributed by atoms with Gasteiger partial charge in [0.25, 0.3) is 0 Å². The van der Waals surface area contributed by atoms with Crippen molar-refractivity contribution < 1.29 is 4.79 Å². The summed E-state index contributed by atoms with van der Waals surface area (Å²) in [7, 11) is 1.98. The van der Waals surface area contributed by atoms with Crippen LogP contribution in [-0.2, 0) is 24.2 Å². The van der Waals surface area contributed by atoms with E-state index in [1.807, 2.05) is 30.1 Å². The molecule has 0 unspecified atom stereocenters. The van der Waals surface area contributed by atoms with Crippen LogP contribution >= 0.6 is 0 Å². The largest absolute Gasteiger partial charge is 0.348 e. The van der Waals surface area contributed by atoms with Crippen LogP contribution in [0.1, 0.15) is 48.1 Å². The van der Waals surface area contributed by atoms with E-state index in [4.69, 9.17) is 0 Å². The van der Waals surface area contributed by atoms with Crippen molar-refractivity contribution in [2.24, 2.45) is 0 Å². The molecule has 132 valence electrons. The maximum atomic E-state index is 12.4. The molecule has 3 heteroatoms. The van der Waals surface area contributed by atoms with Gasteiger partial charge in [-0.2, -0.15) is 0 Å². The molecule has 0 fully saturated rings. The molecule has 0 saturated carbocycles. The third-order valence-electron chi connectivity index (χ3n) is 4.96. The zero-order valence-electron chi connectivity index (χ0n) is 15.3. The van der Waals surface area contributed by atoms with Gasteiger partial charge in [0.2, 0.25) is 5.91 Å². The van der Waals surface area contributed by atoms with E-state index < -0.39 is 0 Å². The minimum atomic E-state index is 0.0462. The van der Waals surface area contributed by atoms with Gasteiger partial charge in [-0.3, -0.25) is 9.69 Å². The topological polar surface area (TPSA) is 32.3 Å². The molecule has 0 aromatic heterocycles. The highest BCUT2D eigenvalue weighted by Crippen LogP contribution is 2.24. The first-order valence-electron chi connectivity index (χ1n) is 9.25. The Labute approximate surface area is 151 Å². The molecule has 0 saturated heterocycles. The van der Waals surface area contributed by atoms with Crippen molar-refractivity contribution in [1.29, 1.82) is 0 Å². The number of hydrogen-bond donors (Lipinski definition) is 1. The molecule has 0 radical (unpaired) electrons. The van der Waals surface area contributed by atoms with Crippen LogP contribution in [0.3, 0.4) is 0 Å². The molecule has 0 aliphatic heterocycles. The smallest absolute Gasteiger partial charge is 0.234 e. The lowest BCUT2D eigenvalue weighted by molar-refractivity contribution is -0.122. The summed E-state index contributed by atoms with van der Waals surface area (Å²) in [6.07, 6.45) is 4.94. The summed E-state index contributed by atoms with van der Waals surface area (Å²) in [6, 6.07) is 17.0. The Hall–Kier alpha value is -2.13. The van der Waals surface area contributed by atoms with Gasteiger partial charge in [-0.15, -0.1) is 0 Å². The second-order valence-electron chi connectivity index (χ2n) is 7.18. The number of benzene rings is 2. The Kier molecular flexibility index (Phi) is 5.87. The van der Waals surface area contributed by atoms with Crippen molar-refractivity contribution in [3.8, 4) is 0 Å². The molecule has 0 bridgehead atoms. The number of hydrogen-bond acceptors (Lipinski definition) is 2. The first kappa shape index (κ1) is 17.7. The van der Waals surface area contributed by atoms with Gasteiger partial charge >= 0.3 is 0 Å². The molecule has 1 atom stereocenters. The van der Waals surface area contributed by atoms with E-state index in [9.17, 15) is 4.79 Å². The van der Waals surface area contributed by atoms with Crippen molar-refractivity contribution in [1.82, 2.24) is 10.2 Å². The number of nitrogens with zero attached hydrogens (tertiary/aromatic N) is 1. The average molecular weight is 336 g/mol. The fraction of sp³-hybridized carbons (Fsp3) is 0.409. The average Bonchev–Trinajstić information content (AvgIpc) is 2.61. The van der Waals surface area contributed by atoms with E-state index >= 15 is 0 Å². The van der Waals surface area contributed by atoms with E-state index in [0.29, 0.717) is 6.54 Å². The van der Waals surface area contributed by atoms with Crippen LogP contribution in [0.25, 0.3) is 0 Å². The molecule has 2 aromatic carbocycles. The molecule has 1 N–H and O–H groups in total. The number of carbonyl (C=O) groups excluding carboxylic acids is 1. The van der Waals surface area contributed by atoms with Crippen molar-refractivity contribution in [3.63, 3.8) is 0 Å². The lowest BCUT2D eigenvalue weighted by Crippen LogP contribution is -2.36. The van der Waals surface area contributed by atoms with Crippen LogP contribution < -0.4 is 5.32 Å². The number of fused-ring (bicyclic) bond motifs is 1. The normalized spacial score (nSPS) is 14.8. The highest BCUT2D eigenvalue weighted by molar-refractivity contribution is 5.78. The van der Waals surface area contributed by atoms with Gasteiger partial charge in [0.15, 0.2) is 0 Å². The van der Waals surface area contributed by atoms with Crippen molar-refractivity contribution in [3.05, 3.63) is 70.8 Å². The lowest BCUT2D eigenvalue weighted by atomic mass is 9.89. The molecule has 1 aliphatic carbocycles. The van der Waals surface area contributed by atoms with Gasteiger partial charge in [-0.05, 0) is 61.9 Å². The quantitative estimate of drug-likeness (QED) is 0.868. The van der Waals surface area contributed by atoms with E-state index in [-0.39, 0.29) is 11.9 Å². The minimum Gasteiger partial charge on any atom is -0.348 e. The maximum Gasteiger partial charge on any atom is 0.234 e. The summed E-state index contributed by atoms with van der Waals surface area (Å²) in [4.78, 5) is 14.4. The van der Waals surface area contributed by atoms with Gasteiger partial charge in [-0.25, -0.2) is 0 Å². The van der Waals surface area contributed by atoms with E-state index in [2.05, 4.69) is 42.6 Å². The Morgan fingerprint density at radius 2 is 1.80 bits per heavy atom. The van der Waals surface area contributed by atoms with Gasteiger partial charge in [0.05, 0.1) is 12.6 Å². The van der Waals surface area contributed by atoms with Gasteiger partial charge < -0.3 is 5.32 Å². The molecule has 0 heterocycles. The van der Waals surface area contributed by atoms with E-state index in [0.717, 1.165) is 6.54 Å². The Morgan fingerprint density at radius 1 is 1.08 bits per heavy atom. The van der Waals surface area contributed by atoms with Crippen molar-refractivity contribution in [2.75, 3.05) is 13.6 Å². The molecular formula is C22H28N2O. The maximum absolute atomic E-state index is 12.4. The summed E-state index contributed by atoms with van der Waals surface area (Å²) in [5.74, 6) is 0.0728. The number of likely N-dealkylation sites (N-methyl/N-ethyl adjacent to an activating group) is 1. The zero-order chi connectivity index (χ0) is 17.6. The molecule has 1 aliphatic rings. The summed E-state index contributed by atoms with van der Waals surface area (Å²) in [5.41, 5.74) is 5.38. The highest BCUT2D eigenvalue weighted by atomic mass is 16.2. The third-order valence-corrected chi connectivity index (χ3v) is 4.96. The standard InChI is InChI=1S/C22H28N2O/c1-17(20-13-12-19-10-6-7-11-21(19)14-20)23-22(25)16-24(2)15-18-8-4-3-5-9-18/h3-5,8-9,12-14,17H,6-7,10-11,15-16H2,1-2H3,(H,23,25)/t17-/m0/s1. The van der Waals surface area contributed by atoms with E-state index in [1.54, 1.807) is 0 Å². The monoisotopic (exact) mass is 336 g/mol. The first-order chi connectivity index (χ1) is 12.1. The van der Waals surface area contributed by atoms with Crippen LogP contribution in [0, 0.1) is 0 Å². The predicted molar refractivity (Wildman–Crippen MR) is 102 cm³/mol. The highest BCUT2D eigenvalue weighted by Gasteiger charge is 2.15. The fourth-order valence-corrected chi connectivity index (χ4v) is 3.59. The molecule has 3 nitrogen and oxygen atoms in total. The van der Waals surface area contributed by atoms with Crippen LogP contribution in [0.5, 0.6) is 0 Å². The summed E-state index contributed by atoms with van der Waals surface area (Å²) in [5, 5.41) is 3.14. The summed E-state index contributed by atoms with van der Waals surface area (Å²) < 4.78 is 0. The van der Waals surface area contributed by atoms with Crippen LogP contribution in [0.4, 0.5) is 0 Å². The Balaban J connectivity index is 1.53.